The third-order valence-electron chi connectivity index (χ3n) is 6.14. The fourth-order valence-corrected chi connectivity index (χ4v) is 5.69. The maximum Gasteiger partial charge on any atom is 0.101 e. The van der Waals surface area contributed by atoms with E-state index in [2.05, 4.69) is 82.1 Å². The van der Waals surface area contributed by atoms with Crippen LogP contribution in [0.5, 0.6) is 0 Å². The molecule has 2 aromatic carbocycles. The molecule has 4 rings (SSSR count). The Morgan fingerprint density at radius 2 is 1.76 bits per heavy atom. The van der Waals surface area contributed by atoms with Crippen molar-refractivity contribution in [2.45, 2.75) is 31.4 Å². The lowest BCUT2D eigenvalue weighted by molar-refractivity contribution is -0.170. The quantitative estimate of drug-likeness (QED) is 0.608. The number of hydrogen-bond acceptors (Lipinski definition) is 2. The van der Waals surface area contributed by atoms with Gasteiger partial charge in [0.1, 0.15) is 5.60 Å². The van der Waals surface area contributed by atoms with Crippen molar-refractivity contribution in [1.29, 1.82) is 0 Å². The highest BCUT2D eigenvalue weighted by Crippen LogP contribution is 2.51. The van der Waals surface area contributed by atoms with Gasteiger partial charge in [0, 0.05) is 42.2 Å². The Morgan fingerprint density at radius 3 is 2.40 bits per heavy atom. The zero-order chi connectivity index (χ0) is 17.3. The highest BCUT2D eigenvalue weighted by atomic mass is 127. The van der Waals surface area contributed by atoms with E-state index in [0.717, 1.165) is 19.6 Å². The van der Waals surface area contributed by atoms with E-state index in [1.54, 1.807) is 0 Å². The fourth-order valence-electron chi connectivity index (χ4n) is 5.15. The number of nitrogens with zero attached hydrogens (tertiary/aromatic N) is 1. The van der Waals surface area contributed by atoms with E-state index in [9.17, 15) is 0 Å². The lowest BCUT2D eigenvalue weighted by Gasteiger charge is -2.55. The monoisotopic (exact) mass is 447 g/mol. The highest BCUT2D eigenvalue weighted by Gasteiger charge is 2.53. The van der Waals surface area contributed by atoms with Crippen LogP contribution in [-0.4, -0.2) is 25.1 Å². The number of piperidine rings is 1. The molecule has 3 atom stereocenters. The number of hydrogen-bond donors (Lipinski definition) is 0. The third-order valence-corrected chi connectivity index (χ3v) is 6.81. The van der Waals surface area contributed by atoms with Gasteiger partial charge in [0.15, 0.2) is 0 Å². The Labute approximate surface area is 164 Å². The van der Waals surface area contributed by atoms with Gasteiger partial charge in [-0.15, -0.1) is 0 Å². The van der Waals surface area contributed by atoms with Crippen LogP contribution in [0.15, 0.2) is 54.6 Å². The molecule has 2 aliphatic rings. The Morgan fingerprint density at radius 1 is 1.04 bits per heavy atom. The SMILES string of the molecule is CO[C@@]1(c2cccc(I)c2)[C@@H]2CCC[C@H]1CN(Cc1ccccc1)C2. The summed E-state index contributed by atoms with van der Waals surface area (Å²) in [5.74, 6) is 1.15. The van der Waals surface area contributed by atoms with Gasteiger partial charge in [0.2, 0.25) is 0 Å². The maximum absolute atomic E-state index is 6.36. The Kier molecular flexibility index (Phi) is 5.16. The average Bonchev–Trinajstić information content (AvgIpc) is 2.62. The lowest BCUT2D eigenvalue weighted by Crippen LogP contribution is -2.58. The van der Waals surface area contributed by atoms with Crippen LogP contribution in [0.1, 0.15) is 30.4 Å². The standard InChI is InChI=1S/C22H26INO/c1-25-22(18-9-6-12-21(23)13-18)19-10-5-11-20(22)16-24(15-19)14-17-7-3-2-4-8-17/h2-4,6-9,12-13,19-20H,5,10-11,14-16H2,1H3/t19-,20+,22+. The van der Waals surface area contributed by atoms with Crippen molar-refractivity contribution in [3.8, 4) is 0 Å². The van der Waals surface area contributed by atoms with Gasteiger partial charge in [0.05, 0.1) is 0 Å². The van der Waals surface area contributed by atoms with Gasteiger partial charge >= 0.3 is 0 Å². The minimum atomic E-state index is -0.105. The van der Waals surface area contributed by atoms with Crippen molar-refractivity contribution in [3.63, 3.8) is 0 Å². The molecule has 1 saturated carbocycles. The zero-order valence-electron chi connectivity index (χ0n) is 14.8. The molecule has 1 aliphatic carbocycles. The van der Waals surface area contributed by atoms with Crippen LogP contribution < -0.4 is 0 Å². The molecule has 1 aliphatic heterocycles. The van der Waals surface area contributed by atoms with Gasteiger partial charge < -0.3 is 4.74 Å². The molecular formula is C22H26INO. The van der Waals surface area contributed by atoms with Crippen LogP contribution in [-0.2, 0) is 16.9 Å². The number of likely N-dealkylation sites (tertiary alicyclic amines) is 1. The fraction of sp³-hybridized carbons (Fsp3) is 0.455. The summed E-state index contributed by atoms with van der Waals surface area (Å²) >= 11 is 2.42. The van der Waals surface area contributed by atoms with E-state index in [4.69, 9.17) is 4.74 Å². The molecule has 2 aromatic rings. The molecular weight excluding hydrogens is 421 g/mol. The van der Waals surface area contributed by atoms with Crippen LogP contribution in [0.2, 0.25) is 0 Å². The van der Waals surface area contributed by atoms with E-state index < -0.39 is 0 Å². The van der Waals surface area contributed by atoms with Gasteiger partial charge in [-0.2, -0.15) is 0 Å². The van der Waals surface area contributed by atoms with Gasteiger partial charge in [0.25, 0.3) is 0 Å². The van der Waals surface area contributed by atoms with E-state index in [1.165, 1.54) is 34.0 Å². The van der Waals surface area contributed by atoms with Gasteiger partial charge in [-0.3, -0.25) is 4.90 Å². The van der Waals surface area contributed by atoms with Crippen molar-refractivity contribution < 1.29 is 4.74 Å². The normalized spacial score (nSPS) is 29.5. The summed E-state index contributed by atoms with van der Waals surface area (Å²) in [6.45, 7) is 3.31. The molecule has 0 aromatic heterocycles. The second kappa shape index (κ2) is 7.37. The minimum Gasteiger partial charge on any atom is -0.373 e. The van der Waals surface area contributed by atoms with Crippen LogP contribution >= 0.6 is 22.6 Å². The second-order valence-corrected chi connectivity index (χ2v) is 8.76. The second-order valence-electron chi connectivity index (χ2n) is 7.51. The van der Waals surface area contributed by atoms with E-state index in [0.29, 0.717) is 11.8 Å². The van der Waals surface area contributed by atoms with E-state index in [-0.39, 0.29) is 5.60 Å². The molecule has 25 heavy (non-hydrogen) atoms. The molecule has 0 radical (unpaired) electrons. The molecule has 2 nitrogen and oxygen atoms in total. The molecule has 132 valence electrons. The van der Waals surface area contributed by atoms with Crippen molar-refractivity contribution in [3.05, 3.63) is 69.3 Å². The van der Waals surface area contributed by atoms with Gasteiger partial charge in [-0.25, -0.2) is 0 Å². The summed E-state index contributed by atoms with van der Waals surface area (Å²) in [5, 5.41) is 0. The first kappa shape index (κ1) is 17.5. The molecule has 0 N–H and O–H groups in total. The Hall–Kier alpha value is -0.910. The summed E-state index contributed by atoms with van der Waals surface area (Å²) in [7, 11) is 1.93. The van der Waals surface area contributed by atoms with Crippen LogP contribution in [0.3, 0.4) is 0 Å². The first-order valence-electron chi connectivity index (χ1n) is 9.30. The van der Waals surface area contributed by atoms with E-state index >= 15 is 0 Å². The predicted molar refractivity (Wildman–Crippen MR) is 110 cm³/mol. The Bertz CT molecular complexity index is 703. The molecule has 1 saturated heterocycles. The summed E-state index contributed by atoms with van der Waals surface area (Å²) in [5.41, 5.74) is 2.70. The van der Waals surface area contributed by atoms with Crippen molar-refractivity contribution in [1.82, 2.24) is 4.90 Å². The number of ether oxygens (including phenoxy) is 1. The van der Waals surface area contributed by atoms with Crippen molar-refractivity contribution >= 4 is 22.6 Å². The topological polar surface area (TPSA) is 12.5 Å². The van der Waals surface area contributed by atoms with Crippen LogP contribution in [0, 0.1) is 15.4 Å². The smallest absolute Gasteiger partial charge is 0.101 e. The zero-order valence-corrected chi connectivity index (χ0v) is 17.0. The summed E-state index contributed by atoms with van der Waals surface area (Å²) in [6, 6.07) is 19.9. The molecule has 0 amide bonds. The highest BCUT2D eigenvalue weighted by molar-refractivity contribution is 14.1. The molecule has 3 heteroatoms. The van der Waals surface area contributed by atoms with Gasteiger partial charge in [-0.1, -0.05) is 48.9 Å². The molecule has 1 heterocycles. The average molecular weight is 447 g/mol. The van der Waals surface area contributed by atoms with Gasteiger partial charge in [-0.05, 0) is 58.7 Å². The largest absolute Gasteiger partial charge is 0.373 e. The number of benzene rings is 2. The molecule has 0 spiro atoms. The third kappa shape index (κ3) is 3.26. The first-order chi connectivity index (χ1) is 12.2. The predicted octanol–water partition coefficient (Wildman–Crippen LogP) is 5.07. The summed E-state index contributed by atoms with van der Waals surface area (Å²) < 4.78 is 7.66. The molecule has 2 bridgehead atoms. The maximum atomic E-state index is 6.36. The van der Waals surface area contributed by atoms with Crippen molar-refractivity contribution in [2.24, 2.45) is 11.8 Å². The molecule has 0 unspecified atom stereocenters. The minimum absolute atomic E-state index is 0.105. The Balaban J connectivity index is 1.63. The summed E-state index contributed by atoms with van der Waals surface area (Å²) in [4.78, 5) is 2.65. The first-order valence-corrected chi connectivity index (χ1v) is 10.4. The summed E-state index contributed by atoms with van der Waals surface area (Å²) in [6.07, 6.45) is 3.87. The number of fused-ring (bicyclic) bond motifs is 2. The van der Waals surface area contributed by atoms with E-state index in [1.807, 2.05) is 7.11 Å². The van der Waals surface area contributed by atoms with Crippen LogP contribution in [0.25, 0.3) is 0 Å². The lowest BCUT2D eigenvalue weighted by atomic mass is 9.62. The number of halogens is 1. The number of methoxy groups -OCH3 is 1. The van der Waals surface area contributed by atoms with Crippen LogP contribution in [0.4, 0.5) is 0 Å². The van der Waals surface area contributed by atoms with Crippen molar-refractivity contribution in [2.75, 3.05) is 20.2 Å². The molecule has 2 fully saturated rings. The number of rotatable bonds is 4.